The number of benzene rings is 1. The van der Waals surface area contributed by atoms with E-state index >= 15 is 0 Å². The third-order valence-electron chi connectivity index (χ3n) is 2.55. The third kappa shape index (κ3) is 3.54. The molecule has 1 atom stereocenters. The normalized spacial score (nSPS) is 13.3. The molecule has 1 aromatic rings. The number of rotatable bonds is 5. The smallest absolute Gasteiger partial charge is 0.248 e. The Balaban J connectivity index is 2.86. The van der Waals surface area contributed by atoms with Gasteiger partial charge in [0, 0.05) is 12.1 Å². The van der Waals surface area contributed by atoms with Crippen LogP contribution in [0.15, 0.2) is 24.3 Å². The summed E-state index contributed by atoms with van der Waals surface area (Å²) in [5, 5.41) is -0.571. The van der Waals surface area contributed by atoms with Crippen LogP contribution in [-0.2, 0) is 15.6 Å². The van der Waals surface area contributed by atoms with Crippen molar-refractivity contribution < 1.29 is 13.2 Å². The standard InChI is InChI=1S/C11H16N2O3S/c1-8(6-12)17(15,16)7-9-2-4-10(5-3-9)11(13)14/h2-5,8H,6-7,12H2,1H3,(H2,13,14). The van der Waals surface area contributed by atoms with Crippen molar-refractivity contribution in [1.29, 1.82) is 0 Å². The molecular formula is C11H16N2O3S. The van der Waals surface area contributed by atoms with Crippen LogP contribution in [0.3, 0.4) is 0 Å². The molecule has 0 spiro atoms. The quantitative estimate of drug-likeness (QED) is 0.776. The Morgan fingerprint density at radius 1 is 1.29 bits per heavy atom. The number of nitrogens with two attached hydrogens (primary N) is 2. The Morgan fingerprint density at radius 2 is 1.82 bits per heavy atom. The van der Waals surface area contributed by atoms with Gasteiger partial charge in [0.2, 0.25) is 5.91 Å². The Labute approximate surface area is 101 Å². The molecule has 1 amide bonds. The van der Waals surface area contributed by atoms with Gasteiger partial charge in [-0.3, -0.25) is 4.79 Å². The number of carbonyl (C=O) groups is 1. The monoisotopic (exact) mass is 256 g/mol. The first-order chi connectivity index (χ1) is 7.86. The Kier molecular flexibility index (Phi) is 4.25. The molecule has 0 saturated heterocycles. The summed E-state index contributed by atoms with van der Waals surface area (Å²) in [7, 11) is -3.24. The van der Waals surface area contributed by atoms with E-state index in [1.54, 1.807) is 19.1 Å². The van der Waals surface area contributed by atoms with Crippen LogP contribution in [0.2, 0.25) is 0 Å². The van der Waals surface area contributed by atoms with E-state index in [1.165, 1.54) is 12.1 Å². The highest BCUT2D eigenvalue weighted by molar-refractivity contribution is 7.91. The summed E-state index contributed by atoms with van der Waals surface area (Å²) in [4.78, 5) is 10.8. The molecule has 0 aliphatic heterocycles. The lowest BCUT2D eigenvalue weighted by atomic mass is 10.1. The van der Waals surface area contributed by atoms with Gasteiger partial charge < -0.3 is 11.5 Å². The minimum absolute atomic E-state index is 0.0790. The molecule has 5 nitrogen and oxygen atoms in total. The van der Waals surface area contributed by atoms with Crippen molar-refractivity contribution in [3.8, 4) is 0 Å². The zero-order valence-electron chi connectivity index (χ0n) is 9.59. The van der Waals surface area contributed by atoms with E-state index in [4.69, 9.17) is 11.5 Å². The maximum absolute atomic E-state index is 11.8. The largest absolute Gasteiger partial charge is 0.366 e. The topological polar surface area (TPSA) is 103 Å². The molecule has 1 aromatic carbocycles. The highest BCUT2D eigenvalue weighted by Gasteiger charge is 2.19. The van der Waals surface area contributed by atoms with E-state index in [0.29, 0.717) is 11.1 Å². The fourth-order valence-electron chi connectivity index (χ4n) is 1.29. The predicted molar refractivity (Wildman–Crippen MR) is 66.1 cm³/mol. The van der Waals surface area contributed by atoms with Gasteiger partial charge in [0.15, 0.2) is 9.84 Å². The molecule has 0 bridgehead atoms. The van der Waals surface area contributed by atoms with Crippen LogP contribution in [-0.4, -0.2) is 26.1 Å². The van der Waals surface area contributed by atoms with Crippen molar-refractivity contribution in [1.82, 2.24) is 0 Å². The van der Waals surface area contributed by atoms with Gasteiger partial charge in [0.1, 0.15) is 0 Å². The van der Waals surface area contributed by atoms with Crippen molar-refractivity contribution in [2.75, 3.05) is 6.54 Å². The van der Waals surface area contributed by atoms with E-state index in [9.17, 15) is 13.2 Å². The first kappa shape index (κ1) is 13.7. The summed E-state index contributed by atoms with van der Waals surface area (Å²) in [6, 6.07) is 6.20. The van der Waals surface area contributed by atoms with E-state index in [0.717, 1.165) is 0 Å². The first-order valence-corrected chi connectivity index (χ1v) is 6.88. The van der Waals surface area contributed by atoms with E-state index < -0.39 is 21.0 Å². The van der Waals surface area contributed by atoms with E-state index in [-0.39, 0.29) is 12.3 Å². The predicted octanol–water partition coefficient (Wildman–Crippen LogP) is 0.0475. The molecule has 0 aromatic heterocycles. The van der Waals surface area contributed by atoms with Gasteiger partial charge in [-0.25, -0.2) is 8.42 Å². The highest BCUT2D eigenvalue weighted by Crippen LogP contribution is 2.11. The van der Waals surface area contributed by atoms with Gasteiger partial charge in [-0.15, -0.1) is 0 Å². The summed E-state index contributed by atoms with van der Waals surface area (Å²) in [5.74, 6) is -0.612. The zero-order chi connectivity index (χ0) is 13.1. The van der Waals surface area contributed by atoms with Crippen LogP contribution < -0.4 is 11.5 Å². The van der Waals surface area contributed by atoms with Gasteiger partial charge in [0.05, 0.1) is 11.0 Å². The van der Waals surface area contributed by atoms with Crippen molar-refractivity contribution in [2.24, 2.45) is 11.5 Å². The van der Waals surface area contributed by atoms with Gasteiger partial charge >= 0.3 is 0 Å². The van der Waals surface area contributed by atoms with Crippen molar-refractivity contribution in [2.45, 2.75) is 17.9 Å². The van der Waals surface area contributed by atoms with Crippen LogP contribution in [0.1, 0.15) is 22.8 Å². The lowest BCUT2D eigenvalue weighted by Gasteiger charge is -2.10. The van der Waals surface area contributed by atoms with Crippen molar-refractivity contribution in [3.05, 3.63) is 35.4 Å². The average molecular weight is 256 g/mol. The van der Waals surface area contributed by atoms with Gasteiger partial charge in [-0.05, 0) is 24.6 Å². The number of primary amides is 1. The van der Waals surface area contributed by atoms with Gasteiger partial charge in [-0.2, -0.15) is 0 Å². The zero-order valence-corrected chi connectivity index (χ0v) is 10.4. The molecular weight excluding hydrogens is 240 g/mol. The third-order valence-corrected chi connectivity index (χ3v) is 4.71. The van der Waals surface area contributed by atoms with Crippen LogP contribution in [0.4, 0.5) is 0 Å². The fraction of sp³-hybridized carbons (Fsp3) is 0.364. The lowest BCUT2D eigenvalue weighted by molar-refractivity contribution is 0.100. The summed E-state index contributed by atoms with van der Waals surface area (Å²) < 4.78 is 23.6. The Morgan fingerprint density at radius 3 is 2.24 bits per heavy atom. The second-order valence-corrected chi connectivity index (χ2v) is 6.33. The van der Waals surface area contributed by atoms with E-state index in [2.05, 4.69) is 0 Å². The molecule has 1 rings (SSSR count). The summed E-state index contributed by atoms with van der Waals surface area (Å²) >= 11 is 0. The highest BCUT2D eigenvalue weighted by atomic mass is 32.2. The second-order valence-electron chi connectivity index (χ2n) is 3.91. The van der Waals surface area contributed by atoms with Crippen molar-refractivity contribution in [3.63, 3.8) is 0 Å². The van der Waals surface area contributed by atoms with Gasteiger partial charge in [-0.1, -0.05) is 12.1 Å². The maximum Gasteiger partial charge on any atom is 0.248 e. The summed E-state index contributed by atoms with van der Waals surface area (Å²) in [5.41, 5.74) is 11.4. The SMILES string of the molecule is CC(CN)S(=O)(=O)Cc1ccc(C(N)=O)cc1. The van der Waals surface area contributed by atoms with Crippen LogP contribution in [0, 0.1) is 0 Å². The lowest BCUT2D eigenvalue weighted by Crippen LogP contribution is -2.27. The number of hydrogen-bond donors (Lipinski definition) is 2. The van der Waals surface area contributed by atoms with Gasteiger partial charge in [0.25, 0.3) is 0 Å². The second kappa shape index (κ2) is 5.29. The maximum atomic E-state index is 11.8. The first-order valence-electron chi connectivity index (χ1n) is 5.17. The number of carbonyl (C=O) groups excluding carboxylic acids is 1. The van der Waals surface area contributed by atoms with Crippen LogP contribution in [0.25, 0.3) is 0 Å². The van der Waals surface area contributed by atoms with Crippen molar-refractivity contribution >= 4 is 15.7 Å². The molecule has 4 N–H and O–H groups in total. The fourth-order valence-corrected chi connectivity index (χ4v) is 2.52. The number of hydrogen-bond acceptors (Lipinski definition) is 4. The summed E-state index contributed by atoms with van der Waals surface area (Å²) in [6.07, 6.45) is 0. The van der Waals surface area contributed by atoms with E-state index in [1.807, 2.05) is 0 Å². The minimum atomic E-state index is -3.24. The molecule has 17 heavy (non-hydrogen) atoms. The number of amides is 1. The molecule has 0 aliphatic rings. The molecule has 0 saturated carbocycles. The molecule has 6 heteroatoms. The molecule has 0 aliphatic carbocycles. The average Bonchev–Trinajstić information content (AvgIpc) is 2.28. The molecule has 1 unspecified atom stereocenters. The molecule has 94 valence electrons. The van der Waals surface area contributed by atoms with Crippen LogP contribution in [0.5, 0.6) is 0 Å². The molecule has 0 heterocycles. The Bertz CT molecular complexity index is 494. The Hall–Kier alpha value is -1.40. The minimum Gasteiger partial charge on any atom is -0.366 e. The number of sulfone groups is 1. The van der Waals surface area contributed by atoms with Crippen LogP contribution >= 0.6 is 0 Å². The molecule has 0 fully saturated rings. The molecule has 0 radical (unpaired) electrons. The summed E-state index contributed by atoms with van der Waals surface area (Å²) in [6.45, 7) is 1.68.